The Balaban J connectivity index is 2.56. The van der Waals surface area contributed by atoms with Gasteiger partial charge in [-0.3, -0.25) is 0 Å². The van der Waals surface area contributed by atoms with E-state index in [0.717, 1.165) is 5.56 Å². The molecule has 4 nitrogen and oxygen atoms in total. The molecule has 3 N–H and O–H groups in total. The number of hydrogen-bond donors (Lipinski definition) is 2. The minimum atomic E-state index is -0.771. The second-order valence-electron chi connectivity index (χ2n) is 3.38. The number of fused-ring (bicyclic) bond motifs is 1. The molecule has 0 aromatic heterocycles. The van der Waals surface area contributed by atoms with Gasteiger partial charge >= 0.3 is 0 Å². The molecule has 0 aliphatic carbocycles. The zero-order valence-corrected chi connectivity index (χ0v) is 9.04. The van der Waals surface area contributed by atoms with Crippen LogP contribution in [0.2, 0.25) is 5.02 Å². The minimum Gasteiger partial charge on any atom is -0.454 e. The lowest BCUT2D eigenvalue weighted by Crippen LogP contribution is -2.13. The van der Waals surface area contributed by atoms with Crippen LogP contribution < -0.4 is 15.2 Å². The van der Waals surface area contributed by atoms with E-state index in [1.165, 1.54) is 0 Å². The van der Waals surface area contributed by atoms with Crippen LogP contribution in [0, 0.1) is 6.92 Å². The number of hydrogen-bond acceptors (Lipinski definition) is 4. The summed E-state index contributed by atoms with van der Waals surface area (Å²) in [4.78, 5) is 0. The fourth-order valence-electron chi connectivity index (χ4n) is 1.71. The smallest absolute Gasteiger partial charge is 0.231 e. The molecule has 1 aliphatic rings. The number of ether oxygens (including phenoxy) is 2. The molecule has 0 radical (unpaired) electrons. The van der Waals surface area contributed by atoms with Crippen LogP contribution in [-0.4, -0.2) is 18.4 Å². The molecule has 0 fully saturated rings. The van der Waals surface area contributed by atoms with Crippen molar-refractivity contribution >= 4 is 11.6 Å². The first kappa shape index (κ1) is 10.5. The predicted octanol–water partition coefficient (Wildman–Crippen LogP) is 1.37. The van der Waals surface area contributed by atoms with Crippen molar-refractivity contribution in [2.75, 3.05) is 13.3 Å². The first-order chi connectivity index (χ1) is 7.15. The third kappa shape index (κ3) is 1.65. The van der Waals surface area contributed by atoms with E-state index in [4.69, 9.17) is 26.8 Å². The van der Waals surface area contributed by atoms with Crippen LogP contribution in [-0.2, 0) is 0 Å². The highest BCUT2D eigenvalue weighted by molar-refractivity contribution is 6.31. The lowest BCUT2D eigenvalue weighted by atomic mass is 10.0. The molecule has 0 bridgehead atoms. The number of rotatable bonds is 2. The van der Waals surface area contributed by atoms with Crippen LogP contribution in [0.5, 0.6) is 11.5 Å². The summed E-state index contributed by atoms with van der Waals surface area (Å²) >= 11 is 6.04. The highest BCUT2D eigenvalue weighted by atomic mass is 35.5. The van der Waals surface area contributed by atoms with Crippen LogP contribution in [0.4, 0.5) is 0 Å². The fraction of sp³-hybridized carbons (Fsp3) is 0.400. The van der Waals surface area contributed by atoms with Gasteiger partial charge in [0.05, 0.1) is 11.1 Å². The highest BCUT2D eigenvalue weighted by Crippen LogP contribution is 2.42. The SMILES string of the molecule is Cc1c2c(cc(Cl)c1C(O)CN)OCO2. The van der Waals surface area contributed by atoms with E-state index < -0.39 is 6.10 Å². The molecule has 1 heterocycles. The van der Waals surface area contributed by atoms with Crippen molar-refractivity contribution in [2.45, 2.75) is 13.0 Å². The molecule has 1 unspecified atom stereocenters. The van der Waals surface area contributed by atoms with Gasteiger partial charge < -0.3 is 20.3 Å². The molecule has 1 aromatic rings. The number of nitrogens with two attached hydrogens (primary N) is 1. The zero-order chi connectivity index (χ0) is 11.0. The quantitative estimate of drug-likeness (QED) is 0.804. The molecule has 82 valence electrons. The van der Waals surface area contributed by atoms with Gasteiger partial charge in [0.25, 0.3) is 0 Å². The normalized spacial score (nSPS) is 15.5. The summed E-state index contributed by atoms with van der Waals surface area (Å²) in [5, 5.41) is 10.2. The zero-order valence-electron chi connectivity index (χ0n) is 8.29. The minimum absolute atomic E-state index is 0.125. The first-order valence-electron chi connectivity index (χ1n) is 4.62. The lowest BCUT2D eigenvalue weighted by molar-refractivity contribution is 0.172. The molecule has 2 rings (SSSR count). The van der Waals surface area contributed by atoms with Crippen molar-refractivity contribution in [3.05, 3.63) is 22.2 Å². The summed E-state index contributed by atoms with van der Waals surface area (Å²) in [5.74, 6) is 1.26. The maximum atomic E-state index is 9.72. The standard InChI is InChI=1S/C10H12ClNO3/c1-5-9(7(13)3-12)6(11)2-8-10(5)15-4-14-8/h2,7,13H,3-4,12H2,1H3. The van der Waals surface area contributed by atoms with E-state index in [9.17, 15) is 5.11 Å². The second-order valence-corrected chi connectivity index (χ2v) is 3.79. The van der Waals surface area contributed by atoms with E-state index in [2.05, 4.69) is 0 Å². The van der Waals surface area contributed by atoms with Crippen LogP contribution >= 0.6 is 11.6 Å². The molecule has 0 spiro atoms. The molecule has 0 saturated carbocycles. The van der Waals surface area contributed by atoms with E-state index >= 15 is 0 Å². The fourth-order valence-corrected chi connectivity index (χ4v) is 2.08. The van der Waals surface area contributed by atoms with Gasteiger partial charge in [-0.1, -0.05) is 11.6 Å². The molecular weight excluding hydrogens is 218 g/mol. The summed E-state index contributed by atoms with van der Waals surface area (Å²) in [5.41, 5.74) is 6.81. The molecule has 0 saturated heterocycles. The van der Waals surface area contributed by atoms with Gasteiger partial charge in [0.15, 0.2) is 11.5 Å². The molecule has 15 heavy (non-hydrogen) atoms. The predicted molar refractivity (Wildman–Crippen MR) is 56.3 cm³/mol. The summed E-state index contributed by atoms with van der Waals surface area (Å²) in [6.07, 6.45) is -0.771. The number of aliphatic hydroxyl groups excluding tert-OH is 1. The summed E-state index contributed by atoms with van der Waals surface area (Å²) in [7, 11) is 0. The van der Waals surface area contributed by atoms with Gasteiger partial charge in [0.1, 0.15) is 0 Å². The maximum Gasteiger partial charge on any atom is 0.231 e. The molecule has 0 amide bonds. The highest BCUT2D eigenvalue weighted by Gasteiger charge is 2.24. The van der Waals surface area contributed by atoms with Gasteiger partial charge in [-0.05, 0) is 6.92 Å². The topological polar surface area (TPSA) is 64.7 Å². The lowest BCUT2D eigenvalue weighted by Gasteiger charge is -2.15. The second kappa shape index (κ2) is 3.89. The number of halogens is 1. The molecular formula is C10H12ClNO3. The molecule has 1 aliphatic heterocycles. The van der Waals surface area contributed by atoms with Crippen molar-refractivity contribution < 1.29 is 14.6 Å². The summed E-state index contributed by atoms with van der Waals surface area (Å²) in [6, 6.07) is 1.64. The Bertz CT molecular complexity index is 395. The van der Waals surface area contributed by atoms with Crippen molar-refractivity contribution in [3.8, 4) is 11.5 Å². The van der Waals surface area contributed by atoms with Gasteiger partial charge in [-0.25, -0.2) is 0 Å². The van der Waals surface area contributed by atoms with E-state index in [1.54, 1.807) is 6.07 Å². The Labute approximate surface area is 92.5 Å². The Morgan fingerprint density at radius 2 is 2.33 bits per heavy atom. The van der Waals surface area contributed by atoms with E-state index in [1.807, 2.05) is 6.92 Å². The Kier molecular flexibility index (Phi) is 2.73. The Morgan fingerprint density at radius 3 is 3.00 bits per heavy atom. The van der Waals surface area contributed by atoms with E-state index in [0.29, 0.717) is 22.1 Å². The van der Waals surface area contributed by atoms with Crippen molar-refractivity contribution in [3.63, 3.8) is 0 Å². The van der Waals surface area contributed by atoms with Crippen LogP contribution in [0.25, 0.3) is 0 Å². The Morgan fingerprint density at radius 1 is 1.60 bits per heavy atom. The van der Waals surface area contributed by atoms with Gasteiger partial charge in [-0.2, -0.15) is 0 Å². The summed E-state index contributed by atoms with van der Waals surface area (Å²) < 4.78 is 10.5. The largest absolute Gasteiger partial charge is 0.454 e. The monoisotopic (exact) mass is 229 g/mol. The van der Waals surface area contributed by atoms with Crippen LogP contribution in [0.3, 0.4) is 0 Å². The number of aliphatic hydroxyl groups is 1. The van der Waals surface area contributed by atoms with Gasteiger partial charge in [-0.15, -0.1) is 0 Å². The maximum absolute atomic E-state index is 9.72. The third-order valence-electron chi connectivity index (χ3n) is 2.46. The summed E-state index contributed by atoms with van der Waals surface area (Å²) in [6.45, 7) is 2.14. The Hall–Kier alpha value is -0.970. The van der Waals surface area contributed by atoms with Crippen molar-refractivity contribution in [2.24, 2.45) is 5.73 Å². The average molecular weight is 230 g/mol. The average Bonchev–Trinajstić information content (AvgIpc) is 2.65. The van der Waals surface area contributed by atoms with Crippen molar-refractivity contribution in [1.29, 1.82) is 0 Å². The van der Waals surface area contributed by atoms with Gasteiger partial charge in [0, 0.05) is 23.7 Å². The first-order valence-corrected chi connectivity index (χ1v) is 4.99. The molecule has 5 heteroatoms. The molecule has 1 atom stereocenters. The van der Waals surface area contributed by atoms with Crippen molar-refractivity contribution in [1.82, 2.24) is 0 Å². The van der Waals surface area contributed by atoms with Crippen LogP contribution in [0.1, 0.15) is 17.2 Å². The molecule has 1 aromatic carbocycles. The third-order valence-corrected chi connectivity index (χ3v) is 2.77. The number of benzene rings is 1. The van der Waals surface area contributed by atoms with Crippen LogP contribution in [0.15, 0.2) is 6.07 Å². The van der Waals surface area contributed by atoms with E-state index in [-0.39, 0.29) is 13.3 Å². The van der Waals surface area contributed by atoms with Gasteiger partial charge in [0.2, 0.25) is 6.79 Å².